The molecule has 0 aliphatic heterocycles. The number of carbonyl (C=O) groups excluding carboxylic acids is 1. The summed E-state index contributed by atoms with van der Waals surface area (Å²) in [5.41, 5.74) is -1.52. The number of ether oxygens (including phenoxy) is 2. The average Bonchev–Trinajstić information content (AvgIpc) is 3.49. The van der Waals surface area contributed by atoms with Crippen LogP contribution in [-0.2, 0) is 18.7 Å². The molecule has 3 aliphatic rings. The van der Waals surface area contributed by atoms with Gasteiger partial charge in [0.15, 0.2) is 0 Å². The zero-order chi connectivity index (χ0) is 29.9. The van der Waals surface area contributed by atoms with E-state index in [0.717, 1.165) is 12.2 Å². The first-order chi connectivity index (χ1) is 19.4. The van der Waals surface area contributed by atoms with E-state index in [-0.39, 0.29) is 22.2 Å². The van der Waals surface area contributed by atoms with Gasteiger partial charge in [-0.2, -0.15) is 0 Å². The van der Waals surface area contributed by atoms with Crippen LogP contribution in [-0.4, -0.2) is 40.5 Å². The van der Waals surface area contributed by atoms with Gasteiger partial charge in [-0.15, -0.1) is 13.2 Å². The number of rotatable bonds is 11. The van der Waals surface area contributed by atoms with Gasteiger partial charge in [0.25, 0.3) is 8.32 Å². The lowest BCUT2D eigenvalue weighted by Gasteiger charge is -2.55. The summed E-state index contributed by atoms with van der Waals surface area (Å²) in [7, 11) is 0.583. The van der Waals surface area contributed by atoms with Crippen molar-refractivity contribution in [3.8, 4) is 0 Å². The first kappa shape index (κ1) is 29.7. The van der Waals surface area contributed by atoms with E-state index in [1.54, 1.807) is 14.2 Å². The van der Waals surface area contributed by atoms with Gasteiger partial charge in [-0.05, 0) is 40.2 Å². The summed E-state index contributed by atoms with van der Waals surface area (Å²) in [6, 6.07) is 21.3. The molecule has 2 aromatic rings. The van der Waals surface area contributed by atoms with Crippen LogP contribution in [0.3, 0.4) is 0 Å². The van der Waals surface area contributed by atoms with Crippen molar-refractivity contribution in [2.75, 3.05) is 20.8 Å². The molecule has 2 fully saturated rings. The minimum atomic E-state index is -2.93. The lowest BCUT2D eigenvalue weighted by Crippen LogP contribution is -2.69. The second-order valence-corrected chi connectivity index (χ2v) is 18.0. The van der Waals surface area contributed by atoms with Crippen LogP contribution in [0.1, 0.15) is 53.9 Å². The summed E-state index contributed by atoms with van der Waals surface area (Å²) < 4.78 is 20.7. The van der Waals surface area contributed by atoms with Crippen molar-refractivity contribution in [2.45, 2.75) is 64.5 Å². The van der Waals surface area contributed by atoms with Crippen LogP contribution in [0.2, 0.25) is 5.04 Å². The van der Waals surface area contributed by atoms with Gasteiger partial charge < -0.3 is 13.9 Å². The second kappa shape index (κ2) is 9.93. The predicted molar refractivity (Wildman–Crippen MR) is 169 cm³/mol. The van der Waals surface area contributed by atoms with Crippen molar-refractivity contribution in [3.63, 3.8) is 0 Å². The molecule has 41 heavy (non-hydrogen) atoms. The molecule has 2 saturated carbocycles. The molecule has 0 bridgehead atoms. The molecular formula is C36H46O4Si. The Morgan fingerprint density at radius 2 is 1.51 bits per heavy atom. The van der Waals surface area contributed by atoms with Crippen molar-refractivity contribution in [1.82, 2.24) is 0 Å². The highest BCUT2D eigenvalue weighted by molar-refractivity contribution is 6.99. The van der Waals surface area contributed by atoms with Crippen molar-refractivity contribution in [2.24, 2.45) is 22.2 Å². The van der Waals surface area contributed by atoms with Crippen LogP contribution in [0.15, 0.2) is 97.3 Å². The number of Topliss-reactive ketones (excluding diaryl/α,β-unsaturated/α-hetero) is 1. The maximum atomic E-state index is 14.5. The molecule has 0 amide bonds. The van der Waals surface area contributed by atoms with Crippen molar-refractivity contribution < 1.29 is 18.7 Å². The van der Waals surface area contributed by atoms with Crippen molar-refractivity contribution >= 4 is 24.5 Å². The summed E-state index contributed by atoms with van der Waals surface area (Å²) in [4.78, 5) is 14.5. The molecular weight excluding hydrogens is 524 g/mol. The van der Waals surface area contributed by atoms with Gasteiger partial charge in [-0.3, -0.25) is 4.79 Å². The molecule has 0 N–H and O–H groups in total. The molecule has 0 radical (unpaired) electrons. The molecule has 0 unspecified atom stereocenters. The fourth-order valence-corrected chi connectivity index (χ4v) is 13.8. The first-order valence-electron chi connectivity index (χ1n) is 14.8. The van der Waals surface area contributed by atoms with Gasteiger partial charge in [-0.25, -0.2) is 0 Å². The third kappa shape index (κ3) is 3.49. The van der Waals surface area contributed by atoms with E-state index in [1.807, 2.05) is 12.2 Å². The number of hydrogen-bond donors (Lipinski definition) is 0. The molecule has 5 rings (SSSR count). The summed E-state index contributed by atoms with van der Waals surface area (Å²) >= 11 is 0. The Morgan fingerprint density at radius 1 is 0.951 bits per heavy atom. The molecule has 0 aromatic heterocycles. The molecule has 4 nitrogen and oxygen atoms in total. The van der Waals surface area contributed by atoms with Crippen LogP contribution >= 0.6 is 0 Å². The number of allylic oxidation sites excluding steroid dienone is 3. The third-order valence-corrected chi connectivity index (χ3v) is 15.8. The highest BCUT2D eigenvalue weighted by Gasteiger charge is 2.96. The van der Waals surface area contributed by atoms with Crippen LogP contribution in [0.5, 0.6) is 0 Å². The smallest absolute Gasteiger partial charge is 0.261 e. The highest BCUT2D eigenvalue weighted by atomic mass is 28.4. The summed E-state index contributed by atoms with van der Waals surface area (Å²) in [6.45, 7) is 19.5. The minimum Gasteiger partial charge on any atom is -0.500 e. The van der Waals surface area contributed by atoms with E-state index in [9.17, 15) is 4.79 Å². The monoisotopic (exact) mass is 570 g/mol. The predicted octanol–water partition coefficient (Wildman–Crippen LogP) is 6.62. The quantitative estimate of drug-likeness (QED) is 0.225. The van der Waals surface area contributed by atoms with E-state index in [0.29, 0.717) is 19.4 Å². The Bertz CT molecular complexity index is 1330. The average molecular weight is 571 g/mol. The summed E-state index contributed by atoms with van der Waals surface area (Å²) in [6.07, 6.45) is 6.02. The normalized spacial score (nSPS) is 30.1. The van der Waals surface area contributed by atoms with E-state index in [1.165, 1.54) is 15.9 Å². The van der Waals surface area contributed by atoms with Gasteiger partial charge in [0.1, 0.15) is 17.1 Å². The molecule has 0 heterocycles. The number of fused-ring (bicyclic) bond motifs is 1. The standard InChI is InChI=1S/C36H46O4Si/c1-10-18-26-24-34(23-11-2)29-30(37)33(6,7)35(31(26)38-8,36(29,34)39-9)25-40-41(32(3,4)5,27-19-14-12-15-20-27)28-21-16-13-17-22-28/h10-17,19-22,29H,1-2,18,23-25H2,3-9H3/t29-,34-,35+,36-/m0/s1. The van der Waals surface area contributed by atoms with E-state index < -0.39 is 24.7 Å². The Balaban J connectivity index is 1.80. The third-order valence-electron chi connectivity index (χ3n) is 10.8. The van der Waals surface area contributed by atoms with Gasteiger partial charge in [0, 0.05) is 17.9 Å². The fourth-order valence-electron chi connectivity index (χ4n) is 9.24. The molecule has 5 heteroatoms. The second-order valence-electron chi connectivity index (χ2n) is 13.7. The number of ketones is 1. The largest absolute Gasteiger partial charge is 0.500 e. The topological polar surface area (TPSA) is 44.8 Å². The SMILES string of the molecule is C=CCC1=C(OC)[C@]2(CO[Si](c3ccccc3)(c3ccccc3)C(C)(C)C)C(C)(C)C(=O)[C@H]3[C@](CC=C)(C1)[C@@]32OC. The maximum absolute atomic E-state index is 14.5. The minimum absolute atomic E-state index is 0.212. The zero-order valence-corrected chi connectivity index (χ0v) is 26.9. The van der Waals surface area contributed by atoms with Crippen LogP contribution in [0.25, 0.3) is 0 Å². The van der Waals surface area contributed by atoms with Crippen LogP contribution < -0.4 is 10.4 Å². The molecule has 218 valence electrons. The molecule has 0 saturated heterocycles. The Labute approximate surface area is 247 Å². The maximum Gasteiger partial charge on any atom is 0.261 e. The Kier molecular flexibility index (Phi) is 7.20. The first-order valence-corrected chi connectivity index (χ1v) is 16.7. The molecule has 2 aromatic carbocycles. The van der Waals surface area contributed by atoms with Gasteiger partial charge in [0.2, 0.25) is 0 Å². The number of benzene rings is 2. The molecule has 4 atom stereocenters. The lowest BCUT2D eigenvalue weighted by molar-refractivity contribution is -0.153. The van der Waals surface area contributed by atoms with Crippen LogP contribution in [0, 0.1) is 22.2 Å². The number of hydrogen-bond acceptors (Lipinski definition) is 4. The number of methoxy groups -OCH3 is 2. The van der Waals surface area contributed by atoms with Crippen molar-refractivity contribution in [1.29, 1.82) is 0 Å². The zero-order valence-electron chi connectivity index (χ0n) is 25.9. The van der Waals surface area contributed by atoms with E-state index >= 15 is 0 Å². The number of carbonyl (C=O) groups is 1. The molecule has 0 spiro atoms. The van der Waals surface area contributed by atoms with Gasteiger partial charge >= 0.3 is 0 Å². The molecule has 3 aliphatic carbocycles. The summed E-state index contributed by atoms with van der Waals surface area (Å²) in [5.74, 6) is 0.831. The van der Waals surface area contributed by atoms with Crippen molar-refractivity contribution in [3.05, 3.63) is 97.3 Å². The highest BCUT2D eigenvalue weighted by Crippen LogP contribution is 2.87. The Morgan fingerprint density at radius 3 is 1.95 bits per heavy atom. The lowest BCUT2D eigenvalue weighted by atomic mass is 9.54. The summed E-state index contributed by atoms with van der Waals surface area (Å²) in [5, 5.41) is 2.20. The van der Waals surface area contributed by atoms with Gasteiger partial charge in [-0.1, -0.05) is 107 Å². The van der Waals surface area contributed by atoms with Gasteiger partial charge in [0.05, 0.1) is 25.0 Å². The van der Waals surface area contributed by atoms with E-state index in [2.05, 4.69) is 108 Å². The van der Waals surface area contributed by atoms with Crippen LogP contribution in [0.4, 0.5) is 0 Å². The van der Waals surface area contributed by atoms with E-state index in [4.69, 9.17) is 13.9 Å². The fraction of sp³-hybridized carbons (Fsp3) is 0.472. The Hall–Kier alpha value is -2.73.